The van der Waals surface area contributed by atoms with Crippen molar-refractivity contribution < 1.29 is 9.18 Å². The quantitative estimate of drug-likeness (QED) is 0.858. The number of halogens is 1. The predicted molar refractivity (Wildman–Crippen MR) is 74.5 cm³/mol. The number of rotatable bonds is 5. The van der Waals surface area contributed by atoms with Crippen LogP contribution in [-0.4, -0.2) is 18.5 Å². The van der Waals surface area contributed by atoms with Gasteiger partial charge in [-0.25, -0.2) is 4.39 Å². The highest BCUT2D eigenvalue weighted by Gasteiger charge is 2.21. The molecule has 1 aliphatic rings. The van der Waals surface area contributed by atoms with Gasteiger partial charge in [0.1, 0.15) is 5.82 Å². The van der Waals surface area contributed by atoms with Crippen molar-refractivity contribution in [2.45, 2.75) is 38.6 Å². The number of carbonyl (C=O) groups excluding carboxylic acids is 1. The summed E-state index contributed by atoms with van der Waals surface area (Å²) >= 11 is 0. The van der Waals surface area contributed by atoms with Gasteiger partial charge in [-0.3, -0.25) is 4.79 Å². The van der Waals surface area contributed by atoms with E-state index in [2.05, 4.69) is 17.6 Å². The third-order valence-corrected chi connectivity index (χ3v) is 3.84. The van der Waals surface area contributed by atoms with Crippen LogP contribution >= 0.6 is 0 Å². The molecule has 4 heteroatoms. The number of benzene rings is 1. The first-order valence-corrected chi connectivity index (χ1v) is 6.94. The number of nitrogens with one attached hydrogen (secondary N) is 2. The molecular formula is C15H21FN2O. The fraction of sp³-hybridized carbons (Fsp3) is 0.533. The van der Waals surface area contributed by atoms with E-state index < -0.39 is 5.82 Å². The Balaban J connectivity index is 1.77. The van der Waals surface area contributed by atoms with Crippen LogP contribution in [0.1, 0.15) is 32.6 Å². The maximum absolute atomic E-state index is 13.4. The zero-order valence-electron chi connectivity index (χ0n) is 11.3. The van der Waals surface area contributed by atoms with Crippen molar-refractivity contribution in [1.29, 1.82) is 0 Å². The lowest BCUT2D eigenvalue weighted by atomic mass is 10.00. The molecule has 104 valence electrons. The van der Waals surface area contributed by atoms with Gasteiger partial charge in [0.25, 0.3) is 0 Å². The number of hydrogen-bond donors (Lipinski definition) is 2. The van der Waals surface area contributed by atoms with Crippen LogP contribution in [0.5, 0.6) is 0 Å². The molecule has 0 aliphatic heterocycles. The van der Waals surface area contributed by atoms with E-state index in [-0.39, 0.29) is 18.1 Å². The molecule has 0 heterocycles. The van der Waals surface area contributed by atoms with Gasteiger partial charge in [0.2, 0.25) is 5.91 Å². The van der Waals surface area contributed by atoms with Gasteiger partial charge in [-0.15, -0.1) is 0 Å². The minimum Gasteiger partial charge on any atom is -0.322 e. The summed E-state index contributed by atoms with van der Waals surface area (Å²) in [5, 5.41) is 5.81. The van der Waals surface area contributed by atoms with Gasteiger partial charge in [-0.05, 0) is 37.8 Å². The lowest BCUT2D eigenvalue weighted by molar-refractivity contribution is -0.115. The highest BCUT2D eigenvalue weighted by molar-refractivity contribution is 5.92. The molecule has 0 unspecified atom stereocenters. The molecule has 0 radical (unpaired) electrons. The Morgan fingerprint density at radius 2 is 2.05 bits per heavy atom. The summed E-state index contributed by atoms with van der Waals surface area (Å²) in [6.07, 6.45) is 5.06. The van der Waals surface area contributed by atoms with Crippen LogP contribution in [0.2, 0.25) is 0 Å². The summed E-state index contributed by atoms with van der Waals surface area (Å²) in [5.74, 6) is 0.0656. The van der Waals surface area contributed by atoms with E-state index in [4.69, 9.17) is 0 Å². The van der Waals surface area contributed by atoms with Gasteiger partial charge < -0.3 is 10.6 Å². The molecule has 1 aromatic rings. The van der Waals surface area contributed by atoms with Crippen molar-refractivity contribution in [1.82, 2.24) is 5.32 Å². The molecule has 1 atom stereocenters. The van der Waals surface area contributed by atoms with Crippen molar-refractivity contribution in [3.05, 3.63) is 30.1 Å². The average Bonchev–Trinajstić information content (AvgIpc) is 2.93. The Labute approximate surface area is 113 Å². The predicted octanol–water partition coefficient (Wildman–Crippen LogP) is 2.93. The second-order valence-electron chi connectivity index (χ2n) is 5.24. The molecule has 0 spiro atoms. The SMILES string of the molecule is C[C@@H](NCC(=O)Nc1ccccc1F)C1CCCC1. The van der Waals surface area contributed by atoms with Crippen LogP contribution in [0.3, 0.4) is 0 Å². The second-order valence-corrected chi connectivity index (χ2v) is 5.24. The maximum Gasteiger partial charge on any atom is 0.238 e. The molecule has 3 nitrogen and oxygen atoms in total. The number of carbonyl (C=O) groups is 1. The standard InChI is InChI=1S/C15H21FN2O/c1-11(12-6-2-3-7-12)17-10-15(19)18-14-9-5-4-8-13(14)16/h4-5,8-9,11-12,17H,2-3,6-7,10H2,1H3,(H,18,19)/t11-/m1/s1. The summed E-state index contributed by atoms with van der Waals surface area (Å²) in [6.45, 7) is 2.35. The molecule has 0 bridgehead atoms. The zero-order valence-corrected chi connectivity index (χ0v) is 11.3. The maximum atomic E-state index is 13.4. The molecule has 0 aromatic heterocycles. The van der Waals surface area contributed by atoms with Gasteiger partial charge in [0, 0.05) is 6.04 Å². The minimum absolute atomic E-state index is 0.199. The van der Waals surface area contributed by atoms with Crippen LogP contribution in [0.15, 0.2) is 24.3 Å². The first kappa shape index (κ1) is 14.0. The van der Waals surface area contributed by atoms with Gasteiger partial charge in [0.05, 0.1) is 12.2 Å². The summed E-state index contributed by atoms with van der Waals surface area (Å²) in [5.41, 5.74) is 0.239. The van der Waals surface area contributed by atoms with Crippen molar-refractivity contribution in [3.8, 4) is 0 Å². The fourth-order valence-corrected chi connectivity index (χ4v) is 2.63. The van der Waals surface area contributed by atoms with E-state index in [0.29, 0.717) is 12.0 Å². The van der Waals surface area contributed by atoms with Crippen molar-refractivity contribution in [3.63, 3.8) is 0 Å². The Morgan fingerprint density at radius 3 is 2.74 bits per heavy atom. The van der Waals surface area contributed by atoms with Crippen LogP contribution in [0.4, 0.5) is 10.1 Å². The molecule has 1 saturated carbocycles. The highest BCUT2D eigenvalue weighted by atomic mass is 19.1. The topological polar surface area (TPSA) is 41.1 Å². The molecule has 19 heavy (non-hydrogen) atoms. The molecule has 2 N–H and O–H groups in total. The van der Waals surface area contributed by atoms with E-state index in [1.165, 1.54) is 31.7 Å². The summed E-state index contributed by atoms with van der Waals surface area (Å²) in [6, 6.07) is 6.55. The fourth-order valence-electron chi connectivity index (χ4n) is 2.63. The van der Waals surface area contributed by atoms with Crippen molar-refractivity contribution >= 4 is 11.6 Å². The lowest BCUT2D eigenvalue weighted by Gasteiger charge is -2.20. The largest absolute Gasteiger partial charge is 0.322 e. The van der Waals surface area contributed by atoms with Crippen LogP contribution in [0.25, 0.3) is 0 Å². The molecule has 0 saturated heterocycles. The first-order valence-electron chi connectivity index (χ1n) is 6.94. The second kappa shape index (κ2) is 6.66. The Bertz CT molecular complexity index is 430. The van der Waals surface area contributed by atoms with Crippen LogP contribution in [0, 0.1) is 11.7 Å². The smallest absolute Gasteiger partial charge is 0.238 e. The summed E-state index contributed by atoms with van der Waals surface area (Å²) in [4.78, 5) is 11.7. The van der Waals surface area contributed by atoms with E-state index >= 15 is 0 Å². The monoisotopic (exact) mass is 264 g/mol. The van der Waals surface area contributed by atoms with E-state index in [9.17, 15) is 9.18 Å². The van der Waals surface area contributed by atoms with Gasteiger partial charge >= 0.3 is 0 Å². The number of para-hydroxylation sites is 1. The van der Waals surface area contributed by atoms with E-state index in [1.54, 1.807) is 18.2 Å². The van der Waals surface area contributed by atoms with E-state index in [1.807, 2.05) is 0 Å². The molecule has 1 amide bonds. The van der Waals surface area contributed by atoms with Crippen LogP contribution < -0.4 is 10.6 Å². The Hall–Kier alpha value is -1.42. The molecule has 1 fully saturated rings. The van der Waals surface area contributed by atoms with Crippen molar-refractivity contribution in [2.24, 2.45) is 5.92 Å². The molecule has 2 rings (SSSR count). The summed E-state index contributed by atoms with van der Waals surface area (Å²) in [7, 11) is 0. The zero-order chi connectivity index (χ0) is 13.7. The number of hydrogen-bond acceptors (Lipinski definition) is 2. The number of anilines is 1. The Kier molecular flexibility index (Phi) is 4.91. The van der Waals surface area contributed by atoms with Gasteiger partial charge in [0.15, 0.2) is 0 Å². The Morgan fingerprint density at radius 1 is 1.37 bits per heavy atom. The molecule has 1 aromatic carbocycles. The number of amides is 1. The third kappa shape index (κ3) is 4.03. The highest BCUT2D eigenvalue weighted by Crippen LogP contribution is 2.27. The van der Waals surface area contributed by atoms with Crippen LogP contribution in [-0.2, 0) is 4.79 Å². The summed E-state index contributed by atoms with van der Waals surface area (Å²) < 4.78 is 13.4. The lowest BCUT2D eigenvalue weighted by Crippen LogP contribution is -2.38. The van der Waals surface area contributed by atoms with Crippen molar-refractivity contribution in [2.75, 3.05) is 11.9 Å². The third-order valence-electron chi connectivity index (χ3n) is 3.84. The minimum atomic E-state index is -0.403. The van der Waals surface area contributed by atoms with E-state index in [0.717, 1.165) is 0 Å². The normalized spacial score (nSPS) is 17.4. The molecule has 1 aliphatic carbocycles. The first-order chi connectivity index (χ1) is 9.16. The van der Waals surface area contributed by atoms with Gasteiger partial charge in [-0.2, -0.15) is 0 Å². The molecular weight excluding hydrogens is 243 g/mol. The average molecular weight is 264 g/mol. The van der Waals surface area contributed by atoms with Gasteiger partial charge in [-0.1, -0.05) is 25.0 Å².